The molecule has 182 valence electrons. The summed E-state index contributed by atoms with van der Waals surface area (Å²) in [6.07, 6.45) is 1.00. The Hall–Kier alpha value is -4.00. The van der Waals surface area contributed by atoms with Crippen molar-refractivity contribution in [3.63, 3.8) is 0 Å². The highest BCUT2D eigenvalue weighted by Crippen LogP contribution is 2.28. The summed E-state index contributed by atoms with van der Waals surface area (Å²) in [5.41, 5.74) is 11.1. The summed E-state index contributed by atoms with van der Waals surface area (Å²) < 4.78 is 0. The SMILES string of the molecule is CN(C)C(=N[C@H]1CCN(c2ccc(C(=O)Nc3cc(-c4ccccc4)ccc3N)cc2)C1)N(C)C. The van der Waals surface area contributed by atoms with Gasteiger partial charge >= 0.3 is 0 Å². The van der Waals surface area contributed by atoms with Gasteiger partial charge in [0, 0.05) is 52.5 Å². The summed E-state index contributed by atoms with van der Waals surface area (Å²) >= 11 is 0. The van der Waals surface area contributed by atoms with Crippen LogP contribution >= 0.6 is 0 Å². The monoisotopic (exact) mass is 470 g/mol. The minimum Gasteiger partial charge on any atom is -0.397 e. The second-order valence-electron chi connectivity index (χ2n) is 9.28. The van der Waals surface area contributed by atoms with Gasteiger partial charge in [0.2, 0.25) is 0 Å². The van der Waals surface area contributed by atoms with Gasteiger partial charge in [-0.15, -0.1) is 0 Å². The van der Waals surface area contributed by atoms with Crippen LogP contribution in [0.15, 0.2) is 77.8 Å². The molecule has 3 aromatic rings. The minimum atomic E-state index is -0.182. The van der Waals surface area contributed by atoms with Crippen molar-refractivity contribution in [2.75, 3.05) is 57.2 Å². The first-order chi connectivity index (χ1) is 16.8. The van der Waals surface area contributed by atoms with E-state index in [2.05, 4.69) is 10.2 Å². The number of rotatable bonds is 5. The fourth-order valence-electron chi connectivity index (χ4n) is 4.37. The third-order valence-electron chi connectivity index (χ3n) is 6.16. The zero-order valence-electron chi connectivity index (χ0n) is 20.9. The van der Waals surface area contributed by atoms with E-state index in [1.165, 1.54) is 0 Å². The molecule has 1 saturated heterocycles. The van der Waals surface area contributed by atoms with E-state index in [9.17, 15) is 4.79 Å². The minimum absolute atomic E-state index is 0.182. The van der Waals surface area contributed by atoms with Crippen molar-refractivity contribution in [1.82, 2.24) is 9.80 Å². The Morgan fingerprint density at radius 2 is 1.63 bits per heavy atom. The van der Waals surface area contributed by atoms with E-state index in [0.717, 1.165) is 42.3 Å². The van der Waals surface area contributed by atoms with Crippen LogP contribution in [0.25, 0.3) is 11.1 Å². The smallest absolute Gasteiger partial charge is 0.255 e. The van der Waals surface area contributed by atoms with E-state index in [1.54, 1.807) is 0 Å². The van der Waals surface area contributed by atoms with E-state index >= 15 is 0 Å². The Morgan fingerprint density at radius 1 is 0.943 bits per heavy atom. The van der Waals surface area contributed by atoms with Crippen LogP contribution in [0, 0.1) is 0 Å². The molecular weight excluding hydrogens is 436 g/mol. The molecule has 1 aliphatic rings. The second kappa shape index (κ2) is 10.5. The molecule has 7 nitrogen and oxygen atoms in total. The van der Waals surface area contributed by atoms with Crippen molar-refractivity contribution < 1.29 is 4.79 Å². The predicted octanol–water partition coefficient (Wildman–Crippen LogP) is 4.25. The summed E-state index contributed by atoms with van der Waals surface area (Å²) in [6, 6.07) is 23.7. The van der Waals surface area contributed by atoms with E-state index < -0.39 is 0 Å². The van der Waals surface area contributed by atoms with Gasteiger partial charge in [0.05, 0.1) is 17.4 Å². The van der Waals surface area contributed by atoms with Gasteiger partial charge < -0.3 is 25.8 Å². The van der Waals surface area contributed by atoms with Crippen LogP contribution in [0.5, 0.6) is 0 Å². The number of hydrogen-bond donors (Lipinski definition) is 2. The lowest BCUT2D eigenvalue weighted by Crippen LogP contribution is -2.37. The van der Waals surface area contributed by atoms with E-state index in [4.69, 9.17) is 10.7 Å². The van der Waals surface area contributed by atoms with Gasteiger partial charge in [-0.1, -0.05) is 36.4 Å². The summed E-state index contributed by atoms with van der Waals surface area (Å²) in [7, 11) is 8.06. The molecule has 7 heteroatoms. The topological polar surface area (TPSA) is 77.2 Å². The van der Waals surface area contributed by atoms with Gasteiger partial charge in [0.15, 0.2) is 5.96 Å². The van der Waals surface area contributed by atoms with E-state index in [1.807, 2.05) is 111 Å². The molecule has 35 heavy (non-hydrogen) atoms. The van der Waals surface area contributed by atoms with Crippen molar-refractivity contribution in [3.8, 4) is 11.1 Å². The highest BCUT2D eigenvalue weighted by atomic mass is 16.1. The molecule has 1 amide bonds. The van der Waals surface area contributed by atoms with Gasteiger partial charge in [-0.3, -0.25) is 4.79 Å². The third kappa shape index (κ3) is 5.74. The number of carbonyl (C=O) groups is 1. The molecule has 3 N–H and O–H groups in total. The number of guanidine groups is 1. The molecule has 1 atom stereocenters. The molecule has 1 aliphatic heterocycles. The number of carbonyl (C=O) groups excluding carboxylic acids is 1. The molecule has 0 saturated carbocycles. The fourth-order valence-corrected chi connectivity index (χ4v) is 4.37. The van der Waals surface area contributed by atoms with Crippen LogP contribution in [-0.4, -0.2) is 69.0 Å². The maximum atomic E-state index is 12.9. The van der Waals surface area contributed by atoms with Gasteiger partial charge in [-0.25, -0.2) is 4.99 Å². The average Bonchev–Trinajstić information content (AvgIpc) is 3.33. The maximum Gasteiger partial charge on any atom is 0.255 e. The van der Waals surface area contributed by atoms with Crippen LogP contribution in [0.3, 0.4) is 0 Å². The van der Waals surface area contributed by atoms with Crippen molar-refractivity contribution in [2.24, 2.45) is 4.99 Å². The average molecular weight is 471 g/mol. The van der Waals surface area contributed by atoms with Crippen molar-refractivity contribution in [2.45, 2.75) is 12.5 Å². The lowest BCUT2D eigenvalue weighted by Gasteiger charge is -2.24. The zero-order valence-corrected chi connectivity index (χ0v) is 20.9. The third-order valence-corrected chi connectivity index (χ3v) is 6.16. The summed E-state index contributed by atoms with van der Waals surface area (Å²) in [5.74, 6) is 0.790. The molecule has 0 bridgehead atoms. The molecule has 1 heterocycles. The molecule has 4 rings (SSSR count). The van der Waals surface area contributed by atoms with Gasteiger partial charge in [-0.05, 0) is 53.9 Å². The number of nitrogens with one attached hydrogen (secondary N) is 1. The number of nitrogen functional groups attached to an aromatic ring is 1. The number of nitrogens with zero attached hydrogens (tertiary/aromatic N) is 4. The largest absolute Gasteiger partial charge is 0.397 e. The van der Waals surface area contributed by atoms with Crippen molar-refractivity contribution >= 4 is 28.9 Å². The first-order valence-corrected chi connectivity index (χ1v) is 11.9. The van der Waals surface area contributed by atoms with Crippen LogP contribution < -0.4 is 16.0 Å². The maximum absolute atomic E-state index is 12.9. The first-order valence-electron chi connectivity index (χ1n) is 11.9. The van der Waals surface area contributed by atoms with E-state index in [-0.39, 0.29) is 11.9 Å². The van der Waals surface area contributed by atoms with Gasteiger partial charge in [-0.2, -0.15) is 0 Å². The van der Waals surface area contributed by atoms with E-state index in [0.29, 0.717) is 16.9 Å². The molecule has 0 unspecified atom stereocenters. The van der Waals surface area contributed by atoms with Crippen molar-refractivity contribution in [3.05, 3.63) is 78.4 Å². The molecule has 0 radical (unpaired) electrons. The standard InChI is InChI=1S/C28H34N6O/c1-32(2)28(33(3)4)30-23-16-17-34(19-23)24-13-10-21(11-14-24)27(35)31-26-18-22(12-15-25(26)29)20-8-6-5-7-9-20/h5-15,18,23H,16-17,19,29H2,1-4H3,(H,31,35)/t23-/m0/s1. The number of hydrogen-bond acceptors (Lipinski definition) is 4. The highest BCUT2D eigenvalue weighted by Gasteiger charge is 2.24. The number of nitrogens with two attached hydrogens (primary N) is 1. The Morgan fingerprint density at radius 3 is 2.29 bits per heavy atom. The molecular formula is C28H34N6O. The fraction of sp³-hybridized carbons (Fsp3) is 0.286. The Labute approximate surface area is 207 Å². The lowest BCUT2D eigenvalue weighted by atomic mass is 10.0. The van der Waals surface area contributed by atoms with Crippen molar-refractivity contribution in [1.29, 1.82) is 0 Å². The van der Waals surface area contributed by atoms with Crippen LogP contribution in [0.1, 0.15) is 16.8 Å². The number of benzene rings is 3. The molecule has 0 aliphatic carbocycles. The quantitative estimate of drug-likeness (QED) is 0.331. The second-order valence-corrected chi connectivity index (χ2v) is 9.28. The zero-order chi connectivity index (χ0) is 24.9. The first kappa shape index (κ1) is 24.1. The Kier molecular flexibility index (Phi) is 7.25. The van der Waals surface area contributed by atoms with Gasteiger partial charge in [0.1, 0.15) is 0 Å². The molecule has 3 aromatic carbocycles. The number of anilines is 3. The van der Waals surface area contributed by atoms with Crippen LogP contribution in [0.2, 0.25) is 0 Å². The normalized spacial score (nSPS) is 15.0. The van der Waals surface area contributed by atoms with Crippen LogP contribution in [0.4, 0.5) is 17.1 Å². The highest BCUT2D eigenvalue weighted by molar-refractivity contribution is 6.06. The number of amides is 1. The summed E-state index contributed by atoms with van der Waals surface area (Å²) in [5, 5.41) is 2.97. The lowest BCUT2D eigenvalue weighted by molar-refractivity contribution is 0.102. The molecule has 1 fully saturated rings. The predicted molar refractivity (Wildman–Crippen MR) is 146 cm³/mol. The summed E-state index contributed by atoms with van der Waals surface area (Å²) in [4.78, 5) is 24.3. The van der Waals surface area contributed by atoms with Gasteiger partial charge in [0.25, 0.3) is 5.91 Å². The van der Waals surface area contributed by atoms with Crippen LogP contribution in [-0.2, 0) is 0 Å². The summed E-state index contributed by atoms with van der Waals surface area (Å²) in [6.45, 7) is 1.80. The number of aliphatic imine (C=N–C) groups is 1. The molecule has 0 aromatic heterocycles. The molecule has 0 spiro atoms. The Balaban J connectivity index is 1.43. The Bertz CT molecular complexity index is 1180.